The van der Waals surface area contributed by atoms with Crippen molar-refractivity contribution in [3.63, 3.8) is 0 Å². The third kappa shape index (κ3) is 1.19. The van der Waals surface area contributed by atoms with Gasteiger partial charge in [-0.3, -0.25) is 4.40 Å². The molecular weight excluding hydrogens is 239 g/mol. The number of fused-ring (bicyclic) bond motifs is 1. The smallest absolute Gasteiger partial charge is 0.199 e. The minimum atomic E-state index is -0.329. The summed E-state index contributed by atoms with van der Waals surface area (Å²) in [6.45, 7) is 0. The van der Waals surface area contributed by atoms with Gasteiger partial charge < -0.3 is 4.74 Å². The molecular formula is C8H6BrFN2O. The Bertz CT molecular complexity index is 455. The molecule has 0 unspecified atom stereocenters. The van der Waals surface area contributed by atoms with E-state index in [-0.39, 0.29) is 5.82 Å². The number of hydrogen-bond acceptors (Lipinski definition) is 2. The Morgan fingerprint density at radius 1 is 1.54 bits per heavy atom. The molecule has 5 heteroatoms. The number of halogens is 2. The van der Waals surface area contributed by atoms with Crippen LogP contribution in [0.1, 0.15) is 0 Å². The molecule has 0 aliphatic rings. The van der Waals surface area contributed by atoms with Gasteiger partial charge in [-0.25, -0.2) is 9.37 Å². The van der Waals surface area contributed by atoms with Crippen LogP contribution in [0.3, 0.4) is 0 Å². The van der Waals surface area contributed by atoms with E-state index in [0.717, 1.165) is 0 Å². The van der Waals surface area contributed by atoms with E-state index < -0.39 is 0 Å². The van der Waals surface area contributed by atoms with E-state index in [1.165, 1.54) is 19.5 Å². The number of rotatable bonds is 1. The van der Waals surface area contributed by atoms with Crippen molar-refractivity contribution >= 4 is 21.4 Å². The molecule has 0 amide bonds. The van der Waals surface area contributed by atoms with Crippen molar-refractivity contribution < 1.29 is 9.13 Å². The summed E-state index contributed by atoms with van der Waals surface area (Å²) >= 11 is 3.15. The van der Waals surface area contributed by atoms with Gasteiger partial charge in [0.15, 0.2) is 5.88 Å². The molecule has 0 spiro atoms. The summed E-state index contributed by atoms with van der Waals surface area (Å²) in [5.41, 5.74) is 0.388. The number of imidazole rings is 1. The lowest BCUT2D eigenvalue weighted by Crippen LogP contribution is -1.94. The Balaban J connectivity index is 2.87. The van der Waals surface area contributed by atoms with E-state index in [2.05, 4.69) is 20.9 Å². The van der Waals surface area contributed by atoms with Crippen molar-refractivity contribution in [3.8, 4) is 5.88 Å². The minimum Gasteiger partial charge on any atom is -0.482 e. The van der Waals surface area contributed by atoms with Crippen LogP contribution in [0.4, 0.5) is 4.39 Å². The lowest BCUT2D eigenvalue weighted by atomic mass is 10.4. The van der Waals surface area contributed by atoms with E-state index in [0.29, 0.717) is 16.0 Å². The number of hydrogen-bond donors (Lipinski definition) is 0. The molecule has 2 heterocycles. The van der Waals surface area contributed by atoms with Crippen molar-refractivity contribution in [2.24, 2.45) is 0 Å². The van der Waals surface area contributed by atoms with E-state index in [4.69, 9.17) is 4.74 Å². The monoisotopic (exact) mass is 244 g/mol. The lowest BCUT2D eigenvalue weighted by Gasteiger charge is -2.03. The van der Waals surface area contributed by atoms with Crippen molar-refractivity contribution in [2.75, 3.05) is 7.11 Å². The van der Waals surface area contributed by atoms with E-state index >= 15 is 0 Å². The predicted molar refractivity (Wildman–Crippen MR) is 49.4 cm³/mol. The summed E-state index contributed by atoms with van der Waals surface area (Å²) in [4.78, 5) is 3.92. The normalized spacial score (nSPS) is 10.7. The number of ether oxygens (including phenoxy) is 1. The number of methoxy groups -OCH3 is 1. The molecule has 0 atom stereocenters. The number of aromatic nitrogens is 2. The molecule has 68 valence electrons. The predicted octanol–water partition coefficient (Wildman–Crippen LogP) is 2.24. The Hall–Kier alpha value is -1.10. The Labute approximate surface area is 82.3 Å². The van der Waals surface area contributed by atoms with Crippen LogP contribution in [0.2, 0.25) is 0 Å². The largest absolute Gasteiger partial charge is 0.482 e. The van der Waals surface area contributed by atoms with E-state index in [9.17, 15) is 4.39 Å². The third-order valence-electron chi connectivity index (χ3n) is 1.77. The highest BCUT2D eigenvalue weighted by Gasteiger charge is 2.09. The Morgan fingerprint density at radius 3 is 3.00 bits per heavy atom. The van der Waals surface area contributed by atoms with Crippen LogP contribution in [-0.2, 0) is 0 Å². The fourth-order valence-electron chi connectivity index (χ4n) is 1.18. The van der Waals surface area contributed by atoms with Gasteiger partial charge in [-0.2, -0.15) is 0 Å². The highest BCUT2D eigenvalue weighted by molar-refractivity contribution is 9.10. The van der Waals surface area contributed by atoms with Gasteiger partial charge in [0.05, 0.1) is 7.11 Å². The van der Waals surface area contributed by atoms with Gasteiger partial charge in [0, 0.05) is 6.07 Å². The summed E-state index contributed by atoms with van der Waals surface area (Å²) in [6, 6.07) is 2.90. The van der Waals surface area contributed by atoms with Crippen LogP contribution in [-0.4, -0.2) is 16.5 Å². The van der Waals surface area contributed by atoms with Crippen molar-refractivity contribution in [3.05, 3.63) is 28.9 Å². The van der Waals surface area contributed by atoms with Crippen molar-refractivity contribution in [1.82, 2.24) is 9.38 Å². The average Bonchev–Trinajstić information content (AvgIpc) is 2.50. The molecule has 13 heavy (non-hydrogen) atoms. The molecule has 0 bridgehead atoms. The molecule has 3 nitrogen and oxygen atoms in total. The van der Waals surface area contributed by atoms with Crippen LogP contribution in [0, 0.1) is 5.82 Å². The molecule has 0 aromatic carbocycles. The fourth-order valence-corrected chi connectivity index (χ4v) is 1.65. The van der Waals surface area contributed by atoms with Crippen molar-refractivity contribution in [2.45, 2.75) is 0 Å². The Morgan fingerprint density at radius 2 is 2.31 bits per heavy atom. The van der Waals surface area contributed by atoms with Gasteiger partial charge in [0.25, 0.3) is 0 Å². The highest BCUT2D eigenvalue weighted by Crippen LogP contribution is 2.23. The van der Waals surface area contributed by atoms with Crippen LogP contribution in [0.5, 0.6) is 5.88 Å². The van der Waals surface area contributed by atoms with Gasteiger partial charge in [-0.1, -0.05) is 0 Å². The number of nitrogens with zero attached hydrogens (tertiary/aromatic N) is 2. The van der Waals surface area contributed by atoms with E-state index in [1.54, 1.807) is 10.5 Å². The molecule has 0 aliphatic carbocycles. The van der Waals surface area contributed by atoms with Crippen LogP contribution in [0.15, 0.2) is 23.1 Å². The lowest BCUT2D eigenvalue weighted by molar-refractivity contribution is 0.390. The van der Waals surface area contributed by atoms with Gasteiger partial charge >= 0.3 is 0 Å². The third-order valence-corrected chi connectivity index (χ3v) is 2.35. The van der Waals surface area contributed by atoms with Gasteiger partial charge in [0.1, 0.15) is 22.3 Å². The number of pyridine rings is 1. The molecule has 2 aromatic heterocycles. The van der Waals surface area contributed by atoms with Crippen molar-refractivity contribution in [1.29, 1.82) is 0 Å². The zero-order chi connectivity index (χ0) is 9.42. The fraction of sp³-hybridized carbons (Fsp3) is 0.125. The first kappa shape index (κ1) is 8.50. The minimum absolute atomic E-state index is 0.329. The first-order valence-electron chi connectivity index (χ1n) is 3.59. The standard InChI is InChI=1S/C8H6BrFN2O/c1-13-6-3-2-5(10)7-8(9)11-4-12(6)7/h2-4H,1H3. The molecule has 0 saturated carbocycles. The topological polar surface area (TPSA) is 26.5 Å². The zero-order valence-corrected chi connectivity index (χ0v) is 8.38. The summed E-state index contributed by atoms with van der Waals surface area (Å²) in [5, 5.41) is 0. The van der Waals surface area contributed by atoms with Gasteiger partial charge in [-0.05, 0) is 22.0 Å². The molecule has 2 rings (SSSR count). The first-order valence-corrected chi connectivity index (χ1v) is 4.38. The van der Waals surface area contributed by atoms with Gasteiger partial charge in [-0.15, -0.1) is 0 Å². The average molecular weight is 245 g/mol. The quantitative estimate of drug-likeness (QED) is 0.770. The summed E-state index contributed by atoms with van der Waals surface area (Å²) in [7, 11) is 1.53. The Kier molecular flexibility index (Phi) is 1.95. The first-order chi connectivity index (χ1) is 6.24. The molecule has 0 saturated heterocycles. The second-order valence-corrected chi connectivity index (χ2v) is 3.23. The molecule has 2 aromatic rings. The zero-order valence-electron chi connectivity index (χ0n) is 6.79. The summed E-state index contributed by atoms with van der Waals surface area (Å²) < 4.78 is 20.3. The molecule has 0 N–H and O–H groups in total. The van der Waals surface area contributed by atoms with Gasteiger partial charge in [0.2, 0.25) is 0 Å². The molecule has 0 aliphatic heterocycles. The van der Waals surface area contributed by atoms with Crippen LogP contribution in [0.25, 0.3) is 5.52 Å². The van der Waals surface area contributed by atoms with Crippen LogP contribution < -0.4 is 4.74 Å². The summed E-state index contributed by atoms with van der Waals surface area (Å²) in [6.07, 6.45) is 1.50. The second kappa shape index (κ2) is 2.99. The maximum absolute atomic E-state index is 13.3. The maximum Gasteiger partial charge on any atom is 0.199 e. The summed E-state index contributed by atoms with van der Waals surface area (Å²) in [5.74, 6) is 0.222. The second-order valence-electron chi connectivity index (χ2n) is 2.48. The van der Waals surface area contributed by atoms with Crippen LogP contribution >= 0.6 is 15.9 Å². The highest BCUT2D eigenvalue weighted by atomic mass is 79.9. The SMILES string of the molecule is COc1ccc(F)c2c(Br)ncn12. The maximum atomic E-state index is 13.3. The molecule has 0 fully saturated rings. The molecule has 0 radical (unpaired) electrons. The van der Waals surface area contributed by atoms with E-state index in [1.807, 2.05) is 0 Å².